The van der Waals surface area contributed by atoms with Gasteiger partial charge in [-0.3, -0.25) is 14.1 Å². The average Bonchev–Trinajstić information content (AvgIpc) is 3.17. The topological polar surface area (TPSA) is 62.5 Å². The molecular weight excluding hydrogens is 410 g/mol. The Kier molecular flexibility index (Phi) is 4.55. The van der Waals surface area contributed by atoms with Gasteiger partial charge < -0.3 is 5.32 Å². The Bertz CT molecular complexity index is 1170. The SMILES string of the molecule is O=C(CN1CCC(c2ccnc3nc4ccccc4n23)CC1)NC12CC3CC(CC(C3)C1)C2. The first-order chi connectivity index (χ1) is 16.1. The Morgan fingerprint density at radius 1 is 1.00 bits per heavy atom. The monoisotopic (exact) mass is 443 g/mol. The van der Waals surface area contributed by atoms with Crippen LogP contribution in [0.2, 0.25) is 0 Å². The molecule has 8 rings (SSSR count). The fourth-order valence-corrected chi connectivity index (χ4v) is 8.12. The first-order valence-corrected chi connectivity index (χ1v) is 12.9. The van der Waals surface area contributed by atoms with Crippen LogP contribution in [-0.2, 0) is 4.79 Å². The third kappa shape index (κ3) is 3.45. The molecule has 1 aliphatic heterocycles. The molecule has 0 unspecified atom stereocenters. The number of carbonyl (C=O) groups excluding carboxylic acids is 1. The van der Waals surface area contributed by atoms with Crippen LogP contribution in [0.5, 0.6) is 0 Å². The molecule has 0 radical (unpaired) electrons. The molecule has 33 heavy (non-hydrogen) atoms. The third-order valence-electron chi connectivity index (χ3n) is 9.05. The highest BCUT2D eigenvalue weighted by Crippen LogP contribution is 2.55. The number of imidazole rings is 1. The van der Waals surface area contributed by atoms with Crippen molar-refractivity contribution in [1.82, 2.24) is 24.6 Å². The van der Waals surface area contributed by atoms with Crippen LogP contribution in [-0.4, -0.2) is 50.3 Å². The average molecular weight is 444 g/mol. The van der Waals surface area contributed by atoms with Crippen molar-refractivity contribution in [2.75, 3.05) is 19.6 Å². The molecule has 0 spiro atoms. The molecule has 2 aromatic heterocycles. The van der Waals surface area contributed by atoms with Gasteiger partial charge in [0.1, 0.15) is 0 Å². The molecule has 5 fully saturated rings. The summed E-state index contributed by atoms with van der Waals surface area (Å²) in [6, 6.07) is 10.4. The van der Waals surface area contributed by atoms with Crippen molar-refractivity contribution < 1.29 is 4.79 Å². The summed E-state index contributed by atoms with van der Waals surface area (Å²) in [5, 5.41) is 3.55. The number of benzene rings is 1. The minimum Gasteiger partial charge on any atom is -0.350 e. The van der Waals surface area contributed by atoms with Gasteiger partial charge in [0.2, 0.25) is 11.7 Å². The van der Waals surface area contributed by atoms with E-state index in [0.717, 1.165) is 60.5 Å². The highest BCUT2D eigenvalue weighted by molar-refractivity contribution is 5.80. The molecule has 6 heteroatoms. The van der Waals surface area contributed by atoms with Gasteiger partial charge in [0.25, 0.3) is 0 Å². The molecule has 4 aliphatic carbocycles. The Morgan fingerprint density at radius 3 is 2.42 bits per heavy atom. The number of carbonyl (C=O) groups is 1. The summed E-state index contributed by atoms with van der Waals surface area (Å²) in [5.41, 5.74) is 3.55. The van der Waals surface area contributed by atoms with Gasteiger partial charge in [-0.15, -0.1) is 0 Å². The third-order valence-corrected chi connectivity index (χ3v) is 9.05. The summed E-state index contributed by atoms with van der Waals surface area (Å²) in [7, 11) is 0. The number of fused-ring (bicyclic) bond motifs is 3. The van der Waals surface area contributed by atoms with Gasteiger partial charge in [-0.05, 0) is 100 Å². The maximum absolute atomic E-state index is 13.1. The second-order valence-corrected chi connectivity index (χ2v) is 11.4. The molecule has 6 nitrogen and oxygen atoms in total. The standard InChI is InChI=1S/C27H33N5O/c33-25(30-27-14-18-11-19(15-27)13-20(12-18)16-27)17-31-9-6-21(7-10-31)23-5-8-28-26-29-22-3-1-2-4-24(22)32(23)26/h1-5,8,18-21H,6-7,9-17H2,(H,30,33). The van der Waals surface area contributed by atoms with Crippen LogP contribution < -0.4 is 5.32 Å². The molecule has 5 aliphatic rings. The zero-order valence-corrected chi connectivity index (χ0v) is 19.2. The van der Waals surface area contributed by atoms with E-state index in [1.165, 1.54) is 44.2 Å². The number of piperidine rings is 1. The van der Waals surface area contributed by atoms with Gasteiger partial charge in [-0.1, -0.05) is 12.1 Å². The Balaban J connectivity index is 1.02. The highest BCUT2D eigenvalue weighted by atomic mass is 16.2. The number of aromatic nitrogens is 3. The molecule has 0 atom stereocenters. The van der Waals surface area contributed by atoms with E-state index in [1.807, 2.05) is 12.3 Å². The van der Waals surface area contributed by atoms with Crippen molar-refractivity contribution >= 4 is 22.7 Å². The summed E-state index contributed by atoms with van der Waals surface area (Å²) in [4.78, 5) is 24.6. The van der Waals surface area contributed by atoms with Crippen LogP contribution in [0.15, 0.2) is 36.5 Å². The minimum absolute atomic E-state index is 0.120. The van der Waals surface area contributed by atoms with Crippen molar-refractivity contribution in [2.45, 2.75) is 62.8 Å². The first kappa shape index (κ1) is 20.0. The van der Waals surface area contributed by atoms with Crippen LogP contribution in [0.4, 0.5) is 0 Å². The van der Waals surface area contributed by atoms with Crippen molar-refractivity contribution in [3.05, 3.63) is 42.2 Å². The normalized spacial score (nSPS) is 32.1. The summed E-state index contributed by atoms with van der Waals surface area (Å²) >= 11 is 0. The molecule has 172 valence electrons. The molecule has 3 heterocycles. The second-order valence-electron chi connectivity index (χ2n) is 11.4. The number of likely N-dealkylation sites (tertiary alicyclic amines) is 1. The quantitative estimate of drug-likeness (QED) is 0.658. The molecule has 4 bridgehead atoms. The Hall–Kier alpha value is -2.47. The van der Waals surface area contributed by atoms with Gasteiger partial charge in [-0.25, -0.2) is 9.97 Å². The van der Waals surface area contributed by atoms with E-state index in [4.69, 9.17) is 4.98 Å². The summed E-state index contributed by atoms with van der Waals surface area (Å²) in [5.74, 6) is 4.10. The maximum atomic E-state index is 13.1. The maximum Gasteiger partial charge on any atom is 0.235 e. The van der Waals surface area contributed by atoms with Crippen LogP contribution in [0, 0.1) is 17.8 Å². The van der Waals surface area contributed by atoms with Crippen molar-refractivity contribution in [2.24, 2.45) is 17.8 Å². The molecule has 3 aromatic rings. The fraction of sp³-hybridized carbons (Fsp3) is 0.593. The lowest BCUT2D eigenvalue weighted by Gasteiger charge is -2.57. The van der Waals surface area contributed by atoms with Crippen LogP contribution in [0.25, 0.3) is 16.8 Å². The van der Waals surface area contributed by atoms with Crippen molar-refractivity contribution in [3.63, 3.8) is 0 Å². The zero-order valence-electron chi connectivity index (χ0n) is 19.2. The number of amides is 1. The van der Waals surface area contributed by atoms with Gasteiger partial charge in [-0.2, -0.15) is 0 Å². The minimum atomic E-state index is 0.120. The molecule has 4 saturated carbocycles. The predicted molar refractivity (Wildman–Crippen MR) is 128 cm³/mol. The zero-order chi connectivity index (χ0) is 22.0. The van der Waals surface area contributed by atoms with Gasteiger partial charge in [0.05, 0.1) is 17.6 Å². The van der Waals surface area contributed by atoms with E-state index < -0.39 is 0 Å². The number of nitrogens with one attached hydrogen (secondary N) is 1. The van der Waals surface area contributed by atoms with Crippen LogP contribution >= 0.6 is 0 Å². The van der Waals surface area contributed by atoms with Crippen LogP contribution in [0.3, 0.4) is 0 Å². The van der Waals surface area contributed by atoms with Gasteiger partial charge >= 0.3 is 0 Å². The lowest BCUT2D eigenvalue weighted by molar-refractivity contribution is -0.128. The van der Waals surface area contributed by atoms with Gasteiger partial charge in [0.15, 0.2) is 0 Å². The number of para-hydroxylation sites is 2. The Labute approximate surface area is 194 Å². The van der Waals surface area contributed by atoms with E-state index in [-0.39, 0.29) is 11.4 Å². The molecule has 1 amide bonds. The predicted octanol–water partition coefficient (Wildman–Crippen LogP) is 4.15. The molecule has 1 aromatic carbocycles. The number of nitrogens with zero attached hydrogens (tertiary/aromatic N) is 4. The second kappa shape index (κ2) is 7.52. The Morgan fingerprint density at radius 2 is 1.70 bits per heavy atom. The van der Waals surface area contributed by atoms with Crippen LogP contribution in [0.1, 0.15) is 63.0 Å². The molecular formula is C27H33N5O. The van der Waals surface area contributed by atoms with E-state index in [9.17, 15) is 4.79 Å². The van der Waals surface area contributed by atoms with Crippen molar-refractivity contribution in [1.29, 1.82) is 0 Å². The van der Waals surface area contributed by atoms with E-state index >= 15 is 0 Å². The molecule has 1 N–H and O–H groups in total. The lowest BCUT2D eigenvalue weighted by atomic mass is 9.53. The fourth-order valence-electron chi connectivity index (χ4n) is 8.12. The first-order valence-electron chi connectivity index (χ1n) is 12.9. The number of hydrogen-bond acceptors (Lipinski definition) is 4. The van der Waals surface area contributed by atoms with E-state index in [0.29, 0.717) is 12.5 Å². The van der Waals surface area contributed by atoms with E-state index in [2.05, 4.69) is 43.9 Å². The summed E-state index contributed by atoms with van der Waals surface area (Å²) < 4.78 is 2.23. The van der Waals surface area contributed by atoms with Crippen molar-refractivity contribution in [3.8, 4) is 0 Å². The molecule has 1 saturated heterocycles. The summed E-state index contributed by atoms with van der Waals surface area (Å²) in [6.07, 6.45) is 11.9. The number of rotatable bonds is 4. The smallest absolute Gasteiger partial charge is 0.235 e. The lowest BCUT2D eigenvalue weighted by Crippen LogP contribution is -2.61. The largest absolute Gasteiger partial charge is 0.350 e. The highest BCUT2D eigenvalue weighted by Gasteiger charge is 2.51. The summed E-state index contributed by atoms with van der Waals surface area (Å²) in [6.45, 7) is 2.49. The van der Waals surface area contributed by atoms with Gasteiger partial charge in [0, 0.05) is 23.3 Å². The number of hydrogen-bond donors (Lipinski definition) is 1. The van der Waals surface area contributed by atoms with E-state index in [1.54, 1.807) is 0 Å².